The molecule has 0 bridgehead atoms. The maximum atomic E-state index is 12.3. The molecular formula is C13H26N2O2. The summed E-state index contributed by atoms with van der Waals surface area (Å²) in [5.41, 5.74) is -0.522. The smallest absolute Gasteiger partial charge is 0.227 e. The van der Waals surface area contributed by atoms with Gasteiger partial charge in [-0.25, -0.2) is 0 Å². The van der Waals surface area contributed by atoms with Crippen molar-refractivity contribution >= 4 is 5.91 Å². The summed E-state index contributed by atoms with van der Waals surface area (Å²) in [6.45, 7) is 10.4. The Morgan fingerprint density at radius 2 is 2.18 bits per heavy atom. The monoisotopic (exact) mass is 242 g/mol. The number of carbonyl (C=O) groups excluding carboxylic acids is 1. The van der Waals surface area contributed by atoms with E-state index in [9.17, 15) is 9.90 Å². The van der Waals surface area contributed by atoms with Crippen molar-refractivity contribution in [3.05, 3.63) is 0 Å². The number of nitrogens with one attached hydrogen (secondary N) is 2. The lowest BCUT2D eigenvalue weighted by atomic mass is 9.75. The van der Waals surface area contributed by atoms with Gasteiger partial charge in [0.05, 0.1) is 5.41 Å². The van der Waals surface area contributed by atoms with E-state index < -0.39 is 0 Å². The standard InChI is InChI=1S/C13H26N2O2/c1-10(2)13(5-6-14-8-13)11(17)15-7-12(3,4)9-16/h10,14,16H,5-9H2,1-4H3,(H,15,17). The number of carbonyl (C=O) groups is 1. The number of rotatable bonds is 5. The van der Waals surface area contributed by atoms with Crippen LogP contribution in [0.4, 0.5) is 0 Å². The number of aliphatic hydroxyl groups excluding tert-OH is 1. The van der Waals surface area contributed by atoms with Crippen LogP contribution in [0.15, 0.2) is 0 Å². The van der Waals surface area contributed by atoms with Gasteiger partial charge in [-0.2, -0.15) is 0 Å². The van der Waals surface area contributed by atoms with Crippen molar-refractivity contribution < 1.29 is 9.90 Å². The van der Waals surface area contributed by atoms with E-state index in [0.29, 0.717) is 12.5 Å². The summed E-state index contributed by atoms with van der Waals surface area (Å²) in [6.07, 6.45) is 0.899. The van der Waals surface area contributed by atoms with Crippen molar-refractivity contribution in [2.45, 2.75) is 34.1 Å². The Labute approximate surface area is 104 Å². The highest BCUT2D eigenvalue weighted by Gasteiger charge is 2.43. The molecule has 0 spiro atoms. The maximum Gasteiger partial charge on any atom is 0.227 e. The van der Waals surface area contributed by atoms with Crippen LogP contribution in [-0.4, -0.2) is 37.3 Å². The summed E-state index contributed by atoms with van der Waals surface area (Å²) < 4.78 is 0. The summed E-state index contributed by atoms with van der Waals surface area (Å²) in [5.74, 6) is 0.453. The van der Waals surface area contributed by atoms with E-state index in [1.807, 2.05) is 13.8 Å². The van der Waals surface area contributed by atoms with Gasteiger partial charge in [-0.1, -0.05) is 27.7 Å². The quantitative estimate of drug-likeness (QED) is 0.667. The lowest BCUT2D eigenvalue weighted by molar-refractivity contribution is -0.133. The first-order chi connectivity index (χ1) is 7.84. The molecule has 1 unspecified atom stereocenters. The van der Waals surface area contributed by atoms with Crippen LogP contribution >= 0.6 is 0 Å². The molecule has 0 aliphatic carbocycles. The Hall–Kier alpha value is -0.610. The Morgan fingerprint density at radius 3 is 2.59 bits per heavy atom. The molecule has 0 radical (unpaired) electrons. The zero-order valence-electron chi connectivity index (χ0n) is 11.5. The fraction of sp³-hybridized carbons (Fsp3) is 0.923. The highest BCUT2D eigenvalue weighted by Crippen LogP contribution is 2.34. The molecule has 1 aliphatic rings. The number of hydrogen-bond donors (Lipinski definition) is 3. The number of amides is 1. The highest BCUT2D eigenvalue weighted by molar-refractivity contribution is 5.83. The van der Waals surface area contributed by atoms with E-state index in [-0.39, 0.29) is 23.3 Å². The molecule has 0 saturated carbocycles. The topological polar surface area (TPSA) is 61.4 Å². The average molecular weight is 242 g/mol. The molecule has 100 valence electrons. The molecule has 0 aromatic rings. The second-order valence-electron chi connectivity index (χ2n) is 6.24. The molecule has 1 fully saturated rings. The Morgan fingerprint density at radius 1 is 1.53 bits per heavy atom. The van der Waals surface area contributed by atoms with Crippen LogP contribution in [-0.2, 0) is 4.79 Å². The maximum absolute atomic E-state index is 12.3. The third-order valence-corrected chi connectivity index (χ3v) is 3.90. The Balaban J connectivity index is 2.62. The molecule has 0 aromatic heterocycles. The van der Waals surface area contributed by atoms with Crippen molar-refractivity contribution in [1.82, 2.24) is 10.6 Å². The van der Waals surface area contributed by atoms with Gasteiger partial charge in [-0.05, 0) is 18.9 Å². The van der Waals surface area contributed by atoms with E-state index in [4.69, 9.17) is 0 Å². The van der Waals surface area contributed by atoms with Crippen LogP contribution in [0.5, 0.6) is 0 Å². The van der Waals surface area contributed by atoms with Crippen molar-refractivity contribution in [2.75, 3.05) is 26.2 Å². The number of hydrogen-bond acceptors (Lipinski definition) is 3. The van der Waals surface area contributed by atoms with E-state index in [2.05, 4.69) is 24.5 Å². The van der Waals surface area contributed by atoms with Crippen LogP contribution in [0.3, 0.4) is 0 Å². The van der Waals surface area contributed by atoms with Gasteiger partial charge in [0.15, 0.2) is 0 Å². The highest BCUT2D eigenvalue weighted by atomic mass is 16.3. The zero-order chi connectivity index (χ0) is 13.1. The largest absolute Gasteiger partial charge is 0.396 e. The third-order valence-electron chi connectivity index (χ3n) is 3.90. The minimum Gasteiger partial charge on any atom is -0.396 e. The fourth-order valence-corrected chi connectivity index (χ4v) is 2.21. The molecular weight excluding hydrogens is 216 g/mol. The third kappa shape index (κ3) is 3.19. The van der Waals surface area contributed by atoms with E-state index in [1.54, 1.807) is 0 Å². The molecule has 1 atom stereocenters. The van der Waals surface area contributed by atoms with Crippen LogP contribution in [0.25, 0.3) is 0 Å². The molecule has 4 heteroatoms. The summed E-state index contributed by atoms with van der Waals surface area (Å²) in [5, 5.41) is 15.5. The second kappa shape index (κ2) is 5.36. The lowest BCUT2D eigenvalue weighted by Crippen LogP contribution is -2.48. The van der Waals surface area contributed by atoms with Crippen molar-refractivity contribution in [1.29, 1.82) is 0 Å². The predicted octanol–water partition coefficient (Wildman–Crippen LogP) is 0.757. The first-order valence-electron chi connectivity index (χ1n) is 6.44. The molecule has 0 aromatic carbocycles. The zero-order valence-corrected chi connectivity index (χ0v) is 11.5. The van der Waals surface area contributed by atoms with Gasteiger partial charge in [0.2, 0.25) is 5.91 Å². The van der Waals surface area contributed by atoms with Crippen molar-refractivity contribution in [2.24, 2.45) is 16.7 Å². The van der Waals surface area contributed by atoms with Crippen LogP contribution in [0.1, 0.15) is 34.1 Å². The van der Waals surface area contributed by atoms with Crippen molar-refractivity contribution in [3.8, 4) is 0 Å². The first kappa shape index (κ1) is 14.5. The molecule has 3 N–H and O–H groups in total. The molecule has 1 saturated heterocycles. The summed E-state index contributed by atoms with van der Waals surface area (Å²) in [4.78, 5) is 12.3. The normalized spacial score (nSPS) is 25.3. The van der Waals surface area contributed by atoms with Gasteiger partial charge in [-0.3, -0.25) is 4.79 Å². The minimum absolute atomic E-state index is 0.0835. The molecule has 1 amide bonds. The fourth-order valence-electron chi connectivity index (χ4n) is 2.21. The molecule has 4 nitrogen and oxygen atoms in total. The van der Waals surface area contributed by atoms with Crippen LogP contribution < -0.4 is 10.6 Å². The summed E-state index contributed by atoms with van der Waals surface area (Å²) in [6, 6.07) is 0. The summed E-state index contributed by atoms with van der Waals surface area (Å²) >= 11 is 0. The van der Waals surface area contributed by atoms with Gasteiger partial charge >= 0.3 is 0 Å². The first-order valence-corrected chi connectivity index (χ1v) is 6.44. The Bertz CT molecular complexity index is 269. The predicted molar refractivity (Wildman–Crippen MR) is 68.6 cm³/mol. The molecule has 1 heterocycles. The van der Waals surface area contributed by atoms with E-state index in [0.717, 1.165) is 19.5 Å². The lowest BCUT2D eigenvalue weighted by Gasteiger charge is -2.33. The second-order valence-corrected chi connectivity index (χ2v) is 6.24. The summed E-state index contributed by atoms with van der Waals surface area (Å²) in [7, 11) is 0. The van der Waals surface area contributed by atoms with Crippen LogP contribution in [0.2, 0.25) is 0 Å². The van der Waals surface area contributed by atoms with E-state index >= 15 is 0 Å². The minimum atomic E-state index is -0.272. The molecule has 1 aliphatic heterocycles. The van der Waals surface area contributed by atoms with Gasteiger partial charge in [0.25, 0.3) is 0 Å². The van der Waals surface area contributed by atoms with Gasteiger partial charge < -0.3 is 15.7 Å². The van der Waals surface area contributed by atoms with Gasteiger partial charge in [-0.15, -0.1) is 0 Å². The molecule has 1 rings (SSSR count). The SMILES string of the molecule is CC(C)C1(C(=O)NCC(C)(C)CO)CCNC1. The average Bonchev–Trinajstić information content (AvgIpc) is 2.76. The van der Waals surface area contributed by atoms with E-state index in [1.165, 1.54) is 0 Å². The Kier molecular flexibility index (Phi) is 4.55. The molecule has 17 heavy (non-hydrogen) atoms. The van der Waals surface area contributed by atoms with Gasteiger partial charge in [0.1, 0.15) is 0 Å². The van der Waals surface area contributed by atoms with Crippen LogP contribution in [0, 0.1) is 16.7 Å². The number of aliphatic hydroxyl groups is 1. The van der Waals surface area contributed by atoms with Crippen molar-refractivity contribution in [3.63, 3.8) is 0 Å². The van der Waals surface area contributed by atoms with Gasteiger partial charge in [0, 0.05) is 25.1 Å².